The molecule has 1 aliphatic rings. The van der Waals surface area contributed by atoms with E-state index in [-0.39, 0.29) is 24.8 Å². The molecule has 5 heteroatoms. The maximum Gasteiger partial charge on any atom is -1.00 e. The molecule has 0 atom stereocenters. The van der Waals surface area contributed by atoms with E-state index < -0.39 is 19.5 Å². The van der Waals surface area contributed by atoms with Crippen molar-refractivity contribution in [2.24, 2.45) is 0 Å². The molecule has 136 valence electrons. The largest absolute Gasteiger partial charge is 1.00 e. The number of hydrogen-bond donors (Lipinski definition) is 0. The molecule has 2 aromatic rings. The van der Waals surface area contributed by atoms with E-state index in [0.717, 1.165) is 13.0 Å². The van der Waals surface area contributed by atoms with Gasteiger partial charge in [0.2, 0.25) is 0 Å². The third kappa shape index (κ3) is 6.38. The first kappa shape index (κ1) is 23.2. The van der Waals surface area contributed by atoms with E-state index in [2.05, 4.69) is 79.7 Å². The number of hydrogen-bond acceptors (Lipinski definition) is 2. The summed E-state index contributed by atoms with van der Waals surface area (Å²) in [4.78, 5) is 2.23. The molecular weight excluding hydrogens is 401 g/mol. The smallest absolute Gasteiger partial charge is 1.00 e. The van der Waals surface area contributed by atoms with Gasteiger partial charge in [-0.1, -0.05) is 0 Å². The molecule has 0 heterocycles. The topological polar surface area (TPSA) is 12.5 Å². The first-order valence-electron chi connectivity index (χ1n) is 8.28. The van der Waals surface area contributed by atoms with Crippen LogP contribution in [0.15, 0.2) is 72.3 Å². The van der Waals surface area contributed by atoms with Gasteiger partial charge in [0.1, 0.15) is 0 Å². The Morgan fingerprint density at radius 1 is 0.962 bits per heavy atom. The molecule has 0 saturated heterocycles. The number of halogens is 2. The van der Waals surface area contributed by atoms with Crippen LogP contribution in [0, 0.1) is 0 Å². The summed E-state index contributed by atoms with van der Waals surface area (Å²) in [5, 5.41) is 0. The van der Waals surface area contributed by atoms with Crippen molar-refractivity contribution in [2.75, 3.05) is 20.6 Å². The summed E-state index contributed by atoms with van der Waals surface area (Å²) in [6.45, 7) is 1.70. The zero-order valence-corrected chi connectivity index (χ0v) is 18.2. The van der Waals surface area contributed by atoms with Gasteiger partial charge in [-0.2, -0.15) is 0 Å². The summed E-state index contributed by atoms with van der Waals surface area (Å²) >= 11 is -0.604. The van der Waals surface area contributed by atoms with Crippen LogP contribution in [0.3, 0.4) is 0 Å². The molecule has 0 aliphatic heterocycles. The molecular formula is C21H23Cl2NOTi. The Balaban J connectivity index is 0.00000169. The summed E-state index contributed by atoms with van der Waals surface area (Å²) in [6.07, 6.45) is 5.58. The standard InChI is InChI=1S/C14H16N.C7H7O.2ClH.Ti/c1-15(2)11-13-9-6-10-14(13)12-7-4-3-5-8-12;8-6-7-4-2-1-3-5-7;;;/h3-7,9H,10-11H2,1-2H3;1-5H,6H2;2*1H;/q;-1;;;+3/p-2. The normalized spacial score (nSPS) is 12.6. The second kappa shape index (κ2) is 11.8. The number of nitrogens with zero attached hydrogens (tertiary/aromatic N) is 1. The Kier molecular flexibility index (Phi) is 10.5. The minimum atomic E-state index is -0.604. The molecule has 0 unspecified atom stereocenters. The van der Waals surface area contributed by atoms with E-state index in [1.54, 1.807) is 0 Å². The average molecular weight is 424 g/mol. The van der Waals surface area contributed by atoms with Gasteiger partial charge in [0.05, 0.1) is 0 Å². The van der Waals surface area contributed by atoms with Crippen molar-refractivity contribution < 1.29 is 47.7 Å². The van der Waals surface area contributed by atoms with E-state index in [0.29, 0.717) is 6.61 Å². The van der Waals surface area contributed by atoms with Crippen molar-refractivity contribution >= 4 is 9.44 Å². The van der Waals surface area contributed by atoms with Gasteiger partial charge in [-0.3, -0.25) is 0 Å². The van der Waals surface area contributed by atoms with Crippen LogP contribution in [-0.2, 0) is 29.5 Å². The fourth-order valence-corrected chi connectivity index (χ4v) is 4.34. The van der Waals surface area contributed by atoms with Gasteiger partial charge in [0.15, 0.2) is 0 Å². The van der Waals surface area contributed by atoms with Gasteiger partial charge in [-0.15, -0.1) is 0 Å². The number of allylic oxidation sites excluding steroid dienone is 2. The molecule has 3 rings (SSSR count). The first-order chi connectivity index (χ1) is 11.7. The van der Waals surface area contributed by atoms with Gasteiger partial charge in [0, 0.05) is 0 Å². The van der Waals surface area contributed by atoms with E-state index in [1.165, 1.54) is 26.1 Å². The van der Waals surface area contributed by atoms with Crippen LogP contribution >= 0.6 is 0 Å². The molecule has 2 aromatic carbocycles. The van der Waals surface area contributed by atoms with Crippen molar-refractivity contribution in [1.82, 2.24) is 4.90 Å². The summed E-state index contributed by atoms with van der Waals surface area (Å²) < 4.78 is 7.49. The second-order valence-electron chi connectivity index (χ2n) is 6.27. The molecule has 2 nitrogen and oxygen atoms in total. The van der Waals surface area contributed by atoms with Crippen LogP contribution < -0.4 is 28.7 Å². The number of benzene rings is 2. The van der Waals surface area contributed by atoms with Crippen molar-refractivity contribution in [2.45, 2.75) is 13.0 Å². The van der Waals surface area contributed by atoms with Gasteiger partial charge < -0.3 is 24.8 Å². The van der Waals surface area contributed by atoms with Crippen molar-refractivity contribution in [3.05, 3.63) is 83.4 Å². The summed E-state index contributed by atoms with van der Waals surface area (Å²) in [6, 6.07) is 19.2. The zero-order chi connectivity index (χ0) is 16.8. The van der Waals surface area contributed by atoms with Gasteiger partial charge >= 0.3 is 154 Å². The predicted molar refractivity (Wildman–Crippen MR) is 96.5 cm³/mol. The van der Waals surface area contributed by atoms with Crippen molar-refractivity contribution in [3.63, 3.8) is 0 Å². The Bertz CT molecular complexity index is 745. The van der Waals surface area contributed by atoms with Gasteiger partial charge in [-0.05, 0) is 0 Å². The van der Waals surface area contributed by atoms with Crippen molar-refractivity contribution in [3.8, 4) is 0 Å². The molecule has 26 heavy (non-hydrogen) atoms. The molecule has 0 N–H and O–H groups in total. The van der Waals surface area contributed by atoms with E-state index in [4.69, 9.17) is 3.32 Å². The van der Waals surface area contributed by atoms with Crippen LogP contribution in [0.25, 0.3) is 5.57 Å². The van der Waals surface area contributed by atoms with E-state index in [9.17, 15) is 0 Å². The third-order valence-electron chi connectivity index (χ3n) is 4.03. The minimum absolute atomic E-state index is 0. The van der Waals surface area contributed by atoms with E-state index >= 15 is 0 Å². The minimum Gasteiger partial charge on any atom is -1.00 e. The average Bonchev–Trinajstić information content (AvgIpc) is 3.03. The van der Waals surface area contributed by atoms with Crippen LogP contribution in [0.1, 0.15) is 17.5 Å². The molecule has 1 aliphatic carbocycles. The summed E-state index contributed by atoms with van der Waals surface area (Å²) in [7, 11) is 4.25. The molecule has 0 spiro atoms. The Morgan fingerprint density at radius 3 is 2.38 bits per heavy atom. The van der Waals surface area contributed by atoms with Crippen LogP contribution in [0.4, 0.5) is 0 Å². The molecule has 0 amide bonds. The zero-order valence-electron chi connectivity index (χ0n) is 15.1. The van der Waals surface area contributed by atoms with E-state index in [1.807, 2.05) is 6.07 Å². The quantitative estimate of drug-likeness (QED) is 0.469. The number of rotatable bonds is 7. The van der Waals surface area contributed by atoms with Gasteiger partial charge in [0.25, 0.3) is 0 Å². The molecule has 0 saturated carbocycles. The molecule has 0 radical (unpaired) electrons. The maximum absolute atomic E-state index is 6.09. The molecule has 0 aromatic heterocycles. The van der Waals surface area contributed by atoms with Crippen LogP contribution in [0.2, 0.25) is 0 Å². The summed E-state index contributed by atoms with van der Waals surface area (Å²) in [5.41, 5.74) is 5.52. The Morgan fingerprint density at radius 2 is 1.65 bits per heavy atom. The molecule has 0 fully saturated rings. The fourth-order valence-electron chi connectivity index (χ4n) is 2.93. The monoisotopic (exact) mass is 423 g/mol. The SMILES string of the molecule is CN(C)CC1=C(c2cccc[c]2[Ti+2][O]Cc2ccccc2)CC=C1.[Cl-].[Cl-]. The van der Waals surface area contributed by atoms with Gasteiger partial charge in [-0.25, -0.2) is 0 Å². The predicted octanol–water partition coefficient (Wildman–Crippen LogP) is -2.19. The maximum atomic E-state index is 6.09. The summed E-state index contributed by atoms with van der Waals surface area (Å²) in [5.74, 6) is 0. The fraction of sp³-hybridized carbons (Fsp3) is 0.238. The second-order valence-corrected chi connectivity index (χ2v) is 7.88. The Hall–Kier alpha value is -0.866. The van der Waals surface area contributed by atoms with Crippen LogP contribution in [-0.4, -0.2) is 25.5 Å². The third-order valence-corrected chi connectivity index (χ3v) is 5.51. The first-order valence-corrected chi connectivity index (χ1v) is 9.70. The van der Waals surface area contributed by atoms with Crippen LogP contribution in [0.5, 0.6) is 0 Å². The molecule has 0 bridgehead atoms. The number of likely N-dealkylation sites (N-methyl/N-ethyl adjacent to an activating group) is 1. The van der Waals surface area contributed by atoms with Crippen molar-refractivity contribution in [1.29, 1.82) is 0 Å². The Labute approximate surface area is 178 Å².